The molecule has 0 amide bonds. The molecule has 0 fully saturated rings. The van der Waals surface area contributed by atoms with Crippen molar-refractivity contribution in [1.29, 1.82) is 0 Å². The van der Waals surface area contributed by atoms with Crippen molar-refractivity contribution < 1.29 is 13.5 Å². The standard InChI is InChI=1S/C15H15F2NO/c1-10(11-4-3-5-12(16)8-11)18-14-7-6-13(17)9-15(14)19-2/h3-10,18H,1-2H3. The van der Waals surface area contributed by atoms with Crippen LogP contribution >= 0.6 is 0 Å². The third kappa shape index (κ3) is 3.22. The van der Waals surface area contributed by atoms with Crippen molar-refractivity contribution in [1.82, 2.24) is 0 Å². The Morgan fingerprint density at radius 3 is 2.47 bits per heavy atom. The number of hydrogen-bond donors (Lipinski definition) is 1. The molecule has 0 saturated carbocycles. The molecular formula is C15H15F2NO. The summed E-state index contributed by atoms with van der Waals surface area (Å²) in [5.74, 6) is -0.221. The highest BCUT2D eigenvalue weighted by Gasteiger charge is 2.10. The van der Waals surface area contributed by atoms with Crippen LogP contribution in [-0.2, 0) is 0 Å². The van der Waals surface area contributed by atoms with Crippen LogP contribution in [0.2, 0.25) is 0 Å². The topological polar surface area (TPSA) is 21.3 Å². The van der Waals surface area contributed by atoms with Gasteiger partial charge in [-0.25, -0.2) is 8.78 Å². The van der Waals surface area contributed by atoms with Gasteiger partial charge in [0.2, 0.25) is 0 Å². The first-order valence-electron chi connectivity index (χ1n) is 5.95. The van der Waals surface area contributed by atoms with Gasteiger partial charge in [-0.05, 0) is 36.8 Å². The molecule has 2 nitrogen and oxygen atoms in total. The molecule has 0 radical (unpaired) electrons. The maximum Gasteiger partial charge on any atom is 0.144 e. The molecule has 2 aromatic rings. The second-order valence-electron chi connectivity index (χ2n) is 4.27. The highest BCUT2D eigenvalue weighted by atomic mass is 19.1. The molecule has 0 aromatic heterocycles. The van der Waals surface area contributed by atoms with E-state index < -0.39 is 0 Å². The van der Waals surface area contributed by atoms with Crippen LogP contribution in [0.4, 0.5) is 14.5 Å². The summed E-state index contributed by atoms with van der Waals surface area (Å²) < 4.78 is 31.4. The minimum atomic E-state index is -0.360. The molecule has 1 atom stereocenters. The summed E-state index contributed by atoms with van der Waals surface area (Å²) in [7, 11) is 1.48. The number of anilines is 1. The molecule has 4 heteroatoms. The Labute approximate surface area is 111 Å². The van der Waals surface area contributed by atoms with E-state index in [-0.39, 0.29) is 17.7 Å². The van der Waals surface area contributed by atoms with Crippen LogP contribution < -0.4 is 10.1 Å². The van der Waals surface area contributed by atoms with Crippen LogP contribution in [0.1, 0.15) is 18.5 Å². The van der Waals surface area contributed by atoms with Gasteiger partial charge in [-0.3, -0.25) is 0 Å². The van der Waals surface area contributed by atoms with Crippen molar-refractivity contribution >= 4 is 5.69 Å². The third-order valence-corrected chi connectivity index (χ3v) is 2.88. The van der Waals surface area contributed by atoms with Gasteiger partial charge in [0.1, 0.15) is 17.4 Å². The first-order chi connectivity index (χ1) is 9.10. The molecule has 19 heavy (non-hydrogen) atoms. The van der Waals surface area contributed by atoms with Crippen LogP contribution in [-0.4, -0.2) is 7.11 Å². The summed E-state index contributed by atoms with van der Waals surface area (Å²) in [6.07, 6.45) is 0. The van der Waals surface area contributed by atoms with Gasteiger partial charge in [0.15, 0.2) is 0 Å². The molecule has 1 unspecified atom stereocenters. The summed E-state index contributed by atoms with van der Waals surface area (Å²) in [6.45, 7) is 1.90. The van der Waals surface area contributed by atoms with Crippen LogP contribution in [0.5, 0.6) is 5.75 Å². The fourth-order valence-corrected chi connectivity index (χ4v) is 1.88. The lowest BCUT2D eigenvalue weighted by Crippen LogP contribution is -2.08. The minimum Gasteiger partial charge on any atom is -0.494 e. The summed E-state index contributed by atoms with van der Waals surface area (Å²) in [5, 5.41) is 3.17. The zero-order valence-electron chi connectivity index (χ0n) is 10.8. The largest absolute Gasteiger partial charge is 0.494 e. The number of nitrogens with one attached hydrogen (secondary N) is 1. The number of halogens is 2. The second-order valence-corrected chi connectivity index (χ2v) is 4.27. The molecule has 100 valence electrons. The Hall–Kier alpha value is -2.10. The monoisotopic (exact) mass is 263 g/mol. The van der Waals surface area contributed by atoms with E-state index in [4.69, 9.17) is 4.74 Å². The Morgan fingerprint density at radius 2 is 1.79 bits per heavy atom. The highest BCUT2D eigenvalue weighted by Crippen LogP contribution is 2.28. The quantitative estimate of drug-likeness (QED) is 0.894. The van der Waals surface area contributed by atoms with Crippen molar-refractivity contribution in [2.24, 2.45) is 0 Å². The first kappa shape index (κ1) is 13.3. The van der Waals surface area contributed by atoms with E-state index in [9.17, 15) is 8.78 Å². The number of rotatable bonds is 4. The number of benzene rings is 2. The van der Waals surface area contributed by atoms with Crippen LogP contribution in [0.3, 0.4) is 0 Å². The Balaban J connectivity index is 2.21. The van der Waals surface area contributed by atoms with E-state index in [1.54, 1.807) is 12.1 Å². The number of hydrogen-bond acceptors (Lipinski definition) is 2. The van der Waals surface area contributed by atoms with Gasteiger partial charge in [0, 0.05) is 12.1 Å². The van der Waals surface area contributed by atoms with E-state index in [1.807, 2.05) is 13.0 Å². The molecule has 0 aliphatic carbocycles. The van der Waals surface area contributed by atoms with Gasteiger partial charge in [-0.2, -0.15) is 0 Å². The summed E-state index contributed by atoms with van der Waals surface area (Å²) >= 11 is 0. The van der Waals surface area contributed by atoms with Crippen LogP contribution in [0.15, 0.2) is 42.5 Å². The van der Waals surface area contributed by atoms with Gasteiger partial charge in [-0.15, -0.1) is 0 Å². The number of ether oxygens (including phenoxy) is 1. The Morgan fingerprint density at radius 1 is 1.05 bits per heavy atom. The predicted octanol–water partition coefficient (Wildman–Crippen LogP) is 4.15. The smallest absolute Gasteiger partial charge is 0.144 e. The Bertz CT molecular complexity index is 572. The van der Waals surface area contributed by atoms with Crippen molar-refractivity contribution in [2.75, 3.05) is 12.4 Å². The summed E-state index contributed by atoms with van der Waals surface area (Å²) in [5.41, 5.74) is 1.48. The van der Waals surface area contributed by atoms with Crippen LogP contribution in [0, 0.1) is 11.6 Å². The van der Waals surface area contributed by atoms with E-state index >= 15 is 0 Å². The first-order valence-corrected chi connectivity index (χ1v) is 5.95. The van der Waals surface area contributed by atoms with Crippen LogP contribution in [0.25, 0.3) is 0 Å². The molecule has 2 aromatic carbocycles. The molecule has 0 bridgehead atoms. The minimum absolute atomic E-state index is 0.116. The summed E-state index contributed by atoms with van der Waals surface area (Å²) in [6, 6.07) is 10.5. The van der Waals surface area contributed by atoms with Gasteiger partial charge in [0.05, 0.1) is 12.8 Å². The molecular weight excluding hydrogens is 248 g/mol. The zero-order valence-corrected chi connectivity index (χ0v) is 10.8. The van der Waals surface area contributed by atoms with E-state index in [2.05, 4.69) is 5.32 Å². The SMILES string of the molecule is COc1cc(F)ccc1NC(C)c1cccc(F)c1. The maximum atomic E-state index is 13.2. The molecule has 0 spiro atoms. The average Bonchev–Trinajstić information content (AvgIpc) is 2.40. The molecule has 0 heterocycles. The molecule has 0 aliphatic rings. The predicted molar refractivity (Wildman–Crippen MR) is 71.4 cm³/mol. The third-order valence-electron chi connectivity index (χ3n) is 2.88. The lowest BCUT2D eigenvalue weighted by Gasteiger charge is -2.18. The summed E-state index contributed by atoms with van der Waals surface area (Å²) in [4.78, 5) is 0. The molecule has 1 N–H and O–H groups in total. The van der Waals surface area contributed by atoms with Crippen molar-refractivity contribution in [3.63, 3.8) is 0 Å². The zero-order chi connectivity index (χ0) is 13.8. The fraction of sp³-hybridized carbons (Fsp3) is 0.200. The fourth-order valence-electron chi connectivity index (χ4n) is 1.88. The van der Waals surface area contributed by atoms with Gasteiger partial charge >= 0.3 is 0 Å². The van der Waals surface area contributed by atoms with Gasteiger partial charge in [0.25, 0.3) is 0 Å². The van der Waals surface area contributed by atoms with E-state index in [0.717, 1.165) is 5.56 Å². The average molecular weight is 263 g/mol. The second kappa shape index (κ2) is 5.69. The Kier molecular flexibility index (Phi) is 4.00. The normalized spacial score (nSPS) is 12.0. The van der Waals surface area contributed by atoms with Gasteiger partial charge < -0.3 is 10.1 Å². The highest BCUT2D eigenvalue weighted by molar-refractivity contribution is 5.57. The maximum absolute atomic E-state index is 13.2. The van der Waals surface area contributed by atoms with E-state index in [1.165, 1.54) is 31.4 Å². The number of methoxy groups -OCH3 is 1. The van der Waals surface area contributed by atoms with Crippen molar-refractivity contribution in [2.45, 2.75) is 13.0 Å². The molecule has 0 saturated heterocycles. The van der Waals surface area contributed by atoms with Gasteiger partial charge in [-0.1, -0.05) is 12.1 Å². The van der Waals surface area contributed by atoms with Crippen molar-refractivity contribution in [3.8, 4) is 5.75 Å². The van der Waals surface area contributed by atoms with E-state index in [0.29, 0.717) is 11.4 Å². The lowest BCUT2D eigenvalue weighted by atomic mass is 10.1. The molecule has 2 rings (SSSR count). The lowest BCUT2D eigenvalue weighted by molar-refractivity contribution is 0.412. The molecule has 0 aliphatic heterocycles. The van der Waals surface area contributed by atoms with Crippen molar-refractivity contribution in [3.05, 3.63) is 59.7 Å².